The van der Waals surface area contributed by atoms with E-state index in [-0.39, 0.29) is 6.10 Å². The van der Waals surface area contributed by atoms with Gasteiger partial charge < -0.3 is 10.8 Å². The number of rotatable bonds is 6. The van der Waals surface area contributed by atoms with Crippen molar-refractivity contribution in [2.45, 2.75) is 39.2 Å². The second kappa shape index (κ2) is 7.32. The van der Waals surface area contributed by atoms with Crippen molar-refractivity contribution in [1.29, 1.82) is 0 Å². The van der Waals surface area contributed by atoms with Crippen LogP contribution in [0.3, 0.4) is 0 Å². The van der Waals surface area contributed by atoms with Crippen molar-refractivity contribution in [1.82, 2.24) is 0 Å². The van der Waals surface area contributed by atoms with E-state index in [9.17, 15) is 5.11 Å². The zero-order valence-electron chi connectivity index (χ0n) is 8.16. The number of hydrogen-bond acceptors (Lipinski definition) is 2. The van der Waals surface area contributed by atoms with Crippen LogP contribution in [0, 0.1) is 5.92 Å². The maximum atomic E-state index is 9.18. The Labute approximate surface area is 75.5 Å². The Kier molecular flexibility index (Phi) is 7.11. The molecule has 12 heavy (non-hydrogen) atoms. The molecule has 3 N–H and O–H groups in total. The molecule has 0 aromatic rings. The second-order valence-electron chi connectivity index (χ2n) is 3.34. The molecule has 0 saturated heterocycles. The van der Waals surface area contributed by atoms with Gasteiger partial charge in [0.05, 0.1) is 6.10 Å². The zero-order valence-corrected chi connectivity index (χ0v) is 8.16. The Morgan fingerprint density at radius 3 is 2.33 bits per heavy atom. The topological polar surface area (TPSA) is 46.2 Å². The Morgan fingerprint density at radius 2 is 1.83 bits per heavy atom. The van der Waals surface area contributed by atoms with Crippen molar-refractivity contribution < 1.29 is 5.11 Å². The van der Waals surface area contributed by atoms with Gasteiger partial charge in [-0.15, -0.1) is 0 Å². The normalized spacial score (nSPS) is 16.7. The summed E-state index contributed by atoms with van der Waals surface area (Å²) < 4.78 is 0. The minimum Gasteiger partial charge on any atom is -0.393 e. The van der Waals surface area contributed by atoms with Gasteiger partial charge in [0.25, 0.3) is 0 Å². The van der Waals surface area contributed by atoms with Crippen LogP contribution < -0.4 is 5.73 Å². The smallest absolute Gasteiger partial charge is 0.0537 e. The molecule has 0 fully saturated rings. The summed E-state index contributed by atoms with van der Waals surface area (Å²) in [6.45, 7) is 4.64. The molecule has 0 aliphatic rings. The molecule has 0 spiro atoms. The van der Waals surface area contributed by atoms with Crippen molar-refractivity contribution >= 4 is 0 Å². The highest BCUT2D eigenvalue weighted by molar-refractivity contribution is 4.82. The molecule has 0 heterocycles. The van der Waals surface area contributed by atoms with Crippen LogP contribution in [0.15, 0.2) is 12.2 Å². The van der Waals surface area contributed by atoms with Gasteiger partial charge in [0.2, 0.25) is 0 Å². The maximum Gasteiger partial charge on any atom is 0.0537 e. The van der Waals surface area contributed by atoms with Gasteiger partial charge in [0.1, 0.15) is 0 Å². The number of allylic oxidation sites excluding steroid dienone is 1. The van der Waals surface area contributed by atoms with Crippen LogP contribution in [-0.4, -0.2) is 17.8 Å². The lowest BCUT2D eigenvalue weighted by molar-refractivity contribution is 0.130. The first-order chi connectivity index (χ1) is 5.68. The SMILES string of the molecule is CC(O)C(C)CCC=CCCN. The van der Waals surface area contributed by atoms with E-state index in [1.54, 1.807) is 0 Å². The standard InChI is InChI=1S/C10H21NO/c1-9(10(2)12)7-5-3-4-6-8-11/h3-4,9-10,12H,5-8,11H2,1-2H3. The van der Waals surface area contributed by atoms with E-state index >= 15 is 0 Å². The molecule has 2 nitrogen and oxygen atoms in total. The summed E-state index contributed by atoms with van der Waals surface area (Å²) in [5.74, 6) is 0.396. The fraction of sp³-hybridized carbons (Fsp3) is 0.800. The first-order valence-electron chi connectivity index (χ1n) is 4.71. The summed E-state index contributed by atoms with van der Waals surface area (Å²) in [6.07, 6.45) is 7.13. The fourth-order valence-electron chi connectivity index (χ4n) is 0.932. The molecule has 0 rings (SSSR count). The summed E-state index contributed by atoms with van der Waals surface area (Å²) in [5, 5.41) is 9.18. The molecule has 0 aromatic carbocycles. The quantitative estimate of drug-likeness (QED) is 0.597. The largest absolute Gasteiger partial charge is 0.393 e. The van der Waals surface area contributed by atoms with Crippen LogP contribution >= 0.6 is 0 Å². The molecule has 0 radical (unpaired) electrons. The van der Waals surface area contributed by atoms with Crippen molar-refractivity contribution in [3.05, 3.63) is 12.2 Å². The van der Waals surface area contributed by atoms with Gasteiger partial charge in [-0.25, -0.2) is 0 Å². The summed E-state index contributed by atoms with van der Waals surface area (Å²) in [5.41, 5.74) is 5.33. The highest BCUT2D eigenvalue weighted by Crippen LogP contribution is 2.10. The van der Waals surface area contributed by atoms with E-state index in [0.717, 1.165) is 25.8 Å². The Balaban J connectivity index is 3.30. The first kappa shape index (κ1) is 11.7. The Bertz CT molecular complexity index is 121. The zero-order chi connectivity index (χ0) is 9.40. The van der Waals surface area contributed by atoms with E-state index in [1.807, 2.05) is 6.92 Å². The molecule has 0 aliphatic carbocycles. The molecule has 0 aliphatic heterocycles. The predicted molar refractivity (Wildman–Crippen MR) is 52.9 cm³/mol. The van der Waals surface area contributed by atoms with Crippen molar-refractivity contribution in [3.63, 3.8) is 0 Å². The van der Waals surface area contributed by atoms with Gasteiger partial charge in [-0.05, 0) is 38.6 Å². The number of nitrogens with two attached hydrogens (primary N) is 1. The van der Waals surface area contributed by atoms with Gasteiger partial charge in [-0.1, -0.05) is 19.1 Å². The number of hydrogen-bond donors (Lipinski definition) is 2. The first-order valence-corrected chi connectivity index (χ1v) is 4.71. The molecule has 2 atom stereocenters. The number of aliphatic hydroxyl groups is 1. The summed E-state index contributed by atoms with van der Waals surface area (Å²) in [7, 11) is 0. The van der Waals surface area contributed by atoms with Gasteiger partial charge >= 0.3 is 0 Å². The number of aliphatic hydroxyl groups excluding tert-OH is 1. The molecular weight excluding hydrogens is 150 g/mol. The third-order valence-electron chi connectivity index (χ3n) is 2.11. The van der Waals surface area contributed by atoms with Crippen molar-refractivity contribution in [2.24, 2.45) is 11.7 Å². The molecule has 2 unspecified atom stereocenters. The van der Waals surface area contributed by atoms with Crippen LogP contribution in [0.4, 0.5) is 0 Å². The van der Waals surface area contributed by atoms with Gasteiger partial charge in [-0.3, -0.25) is 0 Å². The minimum atomic E-state index is -0.187. The highest BCUT2D eigenvalue weighted by atomic mass is 16.3. The van der Waals surface area contributed by atoms with Crippen LogP contribution in [0.5, 0.6) is 0 Å². The van der Waals surface area contributed by atoms with Crippen molar-refractivity contribution in [2.75, 3.05) is 6.54 Å². The maximum absolute atomic E-state index is 9.18. The lowest BCUT2D eigenvalue weighted by Crippen LogP contribution is -2.12. The van der Waals surface area contributed by atoms with E-state index in [2.05, 4.69) is 19.1 Å². The fourth-order valence-corrected chi connectivity index (χ4v) is 0.932. The average molecular weight is 171 g/mol. The Morgan fingerprint density at radius 1 is 1.25 bits per heavy atom. The van der Waals surface area contributed by atoms with E-state index in [1.165, 1.54) is 0 Å². The van der Waals surface area contributed by atoms with Crippen LogP contribution in [0.2, 0.25) is 0 Å². The van der Waals surface area contributed by atoms with Crippen LogP contribution in [0.25, 0.3) is 0 Å². The predicted octanol–water partition coefficient (Wildman–Crippen LogP) is 1.69. The molecule has 0 amide bonds. The summed E-state index contributed by atoms with van der Waals surface area (Å²) >= 11 is 0. The second-order valence-corrected chi connectivity index (χ2v) is 3.34. The summed E-state index contributed by atoms with van der Waals surface area (Å²) in [4.78, 5) is 0. The monoisotopic (exact) mass is 171 g/mol. The van der Waals surface area contributed by atoms with Crippen LogP contribution in [-0.2, 0) is 0 Å². The average Bonchev–Trinajstić information content (AvgIpc) is 2.03. The van der Waals surface area contributed by atoms with Crippen LogP contribution in [0.1, 0.15) is 33.1 Å². The molecule has 2 heteroatoms. The van der Waals surface area contributed by atoms with Crippen molar-refractivity contribution in [3.8, 4) is 0 Å². The third-order valence-corrected chi connectivity index (χ3v) is 2.11. The van der Waals surface area contributed by atoms with E-state index in [4.69, 9.17) is 5.73 Å². The van der Waals surface area contributed by atoms with Gasteiger partial charge in [-0.2, -0.15) is 0 Å². The van der Waals surface area contributed by atoms with Gasteiger partial charge in [0, 0.05) is 0 Å². The Hall–Kier alpha value is -0.340. The van der Waals surface area contributed by atoms with E-state index < -0.39 is 0 Å². The molecular formula is C10H21NO. The van der Waals surface area contributed by atoms with Gasteiger partial charge in [0.15, 0.2) is 0 Å². The summed E-state index contributed by atoms with van der Waals surface area (Å²) in [6, 6.07) is 0. The molecule has 0 saturated carbocycles. The minimum absolute atomic E-state index is 0.187. The molecule has 0 bridgehead atoms. The molecule has 72 valence electrons. The van der Waals surface area contributed by atoms with E-state index in [0.29, 0.717) is 5.92 Å². The lowest BCUT2D eigenvalue weighted by atomic mass is 10.0. The molecule has 0 aromatic heterocycles. The third kappa shape index (κ3) is 6.38. The lowest BCUT2D eigenvalue weighted by Gasteiger charge is -2.12. The highest BCUT2D eigenvalue weighted by Gasteiger charge is 2.06.